The Morgan fingerprint density at radius 1 is 1.35 bits per heavy atom. The van der Waals surface area contributed by atoms with Gasteiger partial charge in [0.15, 0.2) is 0 Å². The van der Waals surface area contributed by atoms with Crippen molar-refractivity contribution < 1.29 is 0 Å². The molecule has 5 nitrogen and oxygen atoms in total. The molecule has 2 N–H and O–H groups in total. The Hall–Kier alpha value is -2.05. The fourth-order valence-electron chi connectivity index (χ4n) is 2.03. The van der Waals surface area contributed by atoms with E-state index in [1.54, 1.807) is 12.4 Å². The summed E-state index contributed by atoms with van der Waals surface area (Å²) in [5, 5.41) is 5.22. The van der Waals surface area contributed by atoms with Gasteiger partial charge in [-0.05, 0) is 36.1 Å². The number of rotatable bonds is 4. The lowest BCUT2D eigenvalue weighted by Gasteiger charge is -2.13. The van der Waals surface area contributed by atoms with Crippen molar-refractivity contribution in [3.63, 3.8) is 0 Å². The number of pyridine rings is 1. The number of fused-ring (bicyclic) bond motifs is 1. The molecule has 6 heteroatoms. The molecule has 0 aliphatic rings. The van der Waals surface area contributed by atoms with Crippen LogP contribution in [0.3, 0.4) is 0 Å². The van der Waals surface area contributed by atoms with Gasteiger partial charge in [-0.3, -0.25) is 9.78 Å². The van der Waals surface area contributed by atoms with Gasteiger partial charge in [-0.25, -0.2) is 4.98 Å². The minimum Gasteiger partial charge on any atom is -0.308 e. The number of H-pyrrole nitrogens is 1. The summed E-state index contributed by atoms with van der Waals surface area (Å²) in [6, 6.07) is 5.97. The highest BCUT2D eigenvalue weighted by Gasteiger charge is 2.07. The Kier molecular flexibility index (Phi) is 3.58. The molecule has 1 atom stereocenters. The summed E-state index contributed by atoms with van der Waals surface area (Å²) in [7, 11) is 0. The first-order valence-corrected chi connectivity index (χ1v) is 7.22. The first-order valence-electron chi connectivity index (χ1n) is 6.34. The zero-order valence-electron chi connectivity index (χ0n) is 11.0. The fraction of sp³-hybridized carbons (Fsp3) is 0.214. The highest BCUT2D eigenvalue weighted by Crippen LogP contribution is 2.14. The van der Waals surface area contributed by atoms with E-state index in [2.05, 4.69) is 27.2 Å². The fourth-order valence-corrected chi connectivity index (χ4v) is 2.75. The Morgan fingerprint density at radius 3 is 2.95 bits per heavy atom. The van der Waals surface area contributed by atoms with Crippen molar-refractivity contribution in [3.05, 3.63) is 57.7 Å². The largest absolute Gasteiger partial charge is 0.308 e. The molecule has 3 rings (SSSR count). The van der Waals surface area contributed by atoms with Gasteiger partial charge in [-0.15, -0.1) is 11.3 Å². The SMILES string of the molecule is CC(NCc1nc2ccsc2c(=O)[nH]1)c1ccncc1. The summed E-state index contributed by atoms with van der Waals surface area (Å²) in [5.74, 6) is 0.654. The van der Waals surface area contributed by atoms with Gasteiger partial charge < -0.3 is 10.3 Å². The minimum atomic E-state index is -0.0710. The van der Waals surface area contributed by atoms with Crippen LogP contribution in [0.5, 0.6) is 0 Å². The second-order valence-electron chi connectivity index (χ2n) is 4.53. The van der Waals surface area contributed by atoms with Crippen molar-refractivity contribution >= 4 is 21.6 Å². The van der Waals surface area contributed by atoms with Gasteiger partial charge in [0.2, 0.25) is 0 Å². The number of hydrogen-bond acceptors (Lipinski definition) is 5. The van der Waals surface area contributed by atoms with Gasteiger partial charge in [0.25, 0.3) is 5.56 Å². The average molecular weight is 286 g/mol. The van der Waals surface area contributed by atoms with E-state index in [0.29, 0.717) is 17.1 Å². The molecule has 0 aliphatic heterocycles. The first-order chi connectivity index (χ1) is 9.74. The van der Waals surface area contributed by atoms with Crippen molar-refractivity contribution in [2.24, 2.45) is 0 Å². The maximum Gasteiger partial charge on any atom is 0.268 e. The summed E-state index contributed by atoms with van der Waals surface area (Å²) >= 11 is 1.41. The maximum atomic E-state index is 11.9. The quantitative estimate of drug-likeness (QED) is 0.771. The molecule has 0 fully saturated rings. The molecule has 20 heavy (non-hydrogen) atoms. The van der Waals surface area contributed by atoms with Crippen LogP contribution in [0.2, 0.25) is 0 Å². The molecule has 0 amide bonds. The number of aromatic nitrogens is 3. The first kappa shape index (κ1) is 13.0. The summed E-state index contributed by atoms with van der Waals surface area (Å²) in [6.07, 6.45) is 3.54. The molecule has 102 valence electrons. The highest BCUT2D eigenvalue weighted by molar-refractivity contribution is 7.17. The summed E-state index contributed by atoms with van der Waals surface area (Å²) < 4.78 is 0.677. The van der Waals surface area contributed by atoms with E-state index in [-0.39, 0.29) is 11.6 Å². The smallest absolute Gasteiger partial charge is 0.268 e. The van der Waals surface area contributed by atoms with E-state index in [4.69, 9.17) is 0 Å². The zero-order chi connectivity index (χ0) is 13.9. The lowest BCUT2D eigenvalue weighted by atomic mass is 10.1. The van der Waals surface area contributed by atoms with Gasteiger partial charge in [-0.1, -0.05) is 0 Å². The molecule has 0 saturated heterocycles. The summed E-state index contributed by atoms with van der Waals surface area (Å²) in [4.78, 5) is 23.1. The molecule has 3 aromatic heterocycles. The van der Waals surface area contributed by atoms with E-state index >= 15 is 0 Å². The molecule has 0 spiro atoms. The Balaban J connectivity index is 1.75. The summed E-state index contributed by atoms with van der Waals surface area (Å²) in [6.45, 7) is 2.58. The van der Waals surface area contributed by atoms with Gasteiger partial charge in [0, 0.05) is 18.4 Å². The maximum absolute atomic E-state index is 11.9. The topological polar surface area (TPSA) is 70.7 Å². The van der Waals surface area contributed by atoms with Gasteiger partial charge in [0.05, 0.1) is 12.1 Å². The van der Waals surface area contributed by atoms with E-state index in [0.717, 1.165) is 11.1 Å². The van der Waals surface area contributed by atoms with Crippen LogP contribution in [0, 0.1) is 0 Å². The van der Waals surface area contributed by atoms with Crippen LogP contribution < -0.4 is 10.9 Å². The Morgan fingerprint density at radius 2 is 2.15 bits per heavy atom. The number of aromatic amines is 1. The molecule has 3 heterocycles. The number of thiophene rings is 1. The van der Waals surface area contributed by atoms with E-state index in [1.807, 2.05) is 23.6 Å². The van der Waals surface area contributed by atoms with Crippen molar-refractivity contribution in [3.8, 4) is 0 Å². The minimum absolute atomic E-state index is 0.0710. The van der Waals surface area contributed by atoms with Crippen LogP contribution in [0.1, 0.15) is 24.4 Å². The summed E-state index contributed by atoms with van der Waals surface area (Å²) in [5.41, 5.74) is 1.84. The van der Waals surface area contributed by atoms with Crippen molar-refractivity contribution in [1.82, 2.24) is 20.3 Å². The molecule has 3 aromatic rings. The monoisotopic (exact) mass is 286 g/mol. The second kappa shape index (κ2) is 5.52. The zero-order valence-corrected chi connectivity index (χ0v) is 11.8. The van der Waals surface area contributed by atoms with Crippen molar-refractivity contribution in [2.45, 2.75) is 19.5 Å². The molecular weight excluding hydrogens is 272 g/mol. The van der Waals surface area contributed by atoms with Gasteiger partial charge in [-0.2, -0.15) is 0 Å². The molecule has 1 unspecified atom stereocenters. The van der Waals surface area contributed by atoms with Crippen LogP contribution in [0.15, 0.2) is 40.8 Å². The second-order valence-corrected chi connectivity index (χ2v) is 5.45. The molecule has 0 aromatic carbocycles. The number of hydrogen-bond donors (Lipinski definition) is 2. The van der Waals surface area contributed by atoms with Crippen molar-refractivity contribution in [1.29, 1.82) is 0 Å². The number of nitrogens with one attached hydrogen (secondary N) is 2. The molecular formula is C14H14N4OS. The third-order valence-electron chi connectivity index (χ3n) is 3.15. The van der Waals surface area contributed by atoms with Crippen LogP contribution in [0.25, 0.3) is 10.2 Å². The van der Waals surface area contributed by atoms with Crippen LogP contribution in [-0.4, -0.2) is 15.0 Å². The van der Waals surface area contributed by atoms with Gasteiger partial charge >= 0.3 is 0 Å². The third-order valence-corrected chi connectivity index (χ3v) is 4.05. The predicted octanol–water partition coefficient (Wildman–Crippen LogP) is 2.23. The standard InChI is InChI=1S/C14H14N4OS/c1-9(10-2-5-15-6-3-10)16-8-12-17-11-4-7-20-13(11)14(19)18-12/h2-7,9,16H,8H2,1H3,(H,17,18,19). The predicted molar refractivity (Wildman–Crippen MR) is 79.7 cm³/mol. The van der Waals surface area contributed by atoms with Gasteiger partial charge in [0.1, 0.15) is 10.5 Å². The normalized spacial score (nSPS) is 12.7. The average Bonchev–Trinajstić information content (AvgIpc) is 2.94. The number of nitrogens with zero attached hydrogens (tertiary/aromatic N) is 2. The van der Waals surface area contributed by atoms with Crippen LogP contribution in [0.4, 0.5) is 0 Å². The third kappa shape index (κ3) is 2.61. The molecule has 0 radical (unpaired) electrons. The van der Waals surface area contributed by atoms with E-state index < -0.39 is 0 Å². The lowest BCUT2D eigenvalue weighted by Crippen LogP contribution is -2.21. The highest BCUT2D eigenvalue weighted by atomic mass is 32.1. The molecule has 0 bridgehead atoms. The van der Waals surface area contributed by atoms with Crippen molar-refractivity contribution in [2.75, 3.05) is 0 Å². The Labute approximate surface area is 119 Å². The van der Waals surface area contributed by atoms with Crippen LogP contribution >= 0.6 is 11.3 Å². The van der Waals surface area contributed by atoms with E-state index in [1.165, 1.54) is 11.3 Å². The molecule has 0 aliphatic carbocycles. The Bertz CT molecular complexity index is 765. The van der Waals surface area contributed by atoms with Crippen LogP contribution in [-0.2, 0) is 6.54 Å². The lowest BCUT2D eigenvalue weighted by molar-refractivity contribution is 0.559. The molecule has 0 saturated carbocycles. The van der Waals surface area contributed by atoms with E-state index in [9.17, 15) is 4.79 Å².